The lowest BCUT2D eigenvalue weighted by Crippen LogP contribution is -2.27. The molecule has 1 heterocycles. The fraction of sp³-hybridized carbons (Fsp3) is 0.304. The average Bonchev–Trinajstić information content (AvgIpc) is 2.69. The number of benzene rings is 2. The average molecular weight is 396 g/mol. The van der Waals surface area contributed by atoms with Crippen LogP contribution in [-0.2, 0) is 9.53 Å². The van der Waals surface area contributed by atoms with Gasteiger partial charge >= 0.3 is 5.97 Å². The molecule has 0 aliphatic rings. The first kappa shape index (κ1) is 20.5. The number of aryl methyl sites for hydroxylation is 1. The Morgan fingerprint density at radius 1 is 1.03 bits per heavy atom. The number of carbonyl (C=O) groups is 1. The molecule has 0 saturated carbocycles. The van der Waals surface area contributed by atoms with Crippen LogP contribution in [0.1, 0.15) is 26.3 Å². The van der Waals surface area contributed by atoms with E-state index in [-0.39, 0.29) is 17.1 Å². The standard InChI is InChI=1S/C23H24O6/c1-14(2)12-27-23(25)16(4)28-18-9-10-19-20(11-18)26-13-21(22(19)24)29-17-7-5-15(3)6-8-17/h5-11,13-14,16H,12H2,1-4H3. The molecule has 0 aliphatic heterocycles. The second-order valence-corrected chi connectivity index (χ2v) is 7.29. The van der Waals surface area contributed by atoms with Gasteiger partial charge in [-0.3, -0.25) is 4.79 Å². The normalized spacial score (nSPS) is 12.0. The maximum atomic E-state index is 12.7. The molecular weight excluding hydrogens is 372 g/mol. The van der Waals surface area contributed by atoms with E-state index in [1.165, 1.54) is 6.26 Å². The summed E-state index contributed by atoms with van der Waals surface area (Å²) in [6.07, 6.45) is 0.497. The Balaban J connectivity index is 1.76. The minimum atomic E-state index is -0.776. The Bertz CT molecular complexity index is 1050. The Hall–Kier alpha value is -3.28. The second-order valence-electron chi connectivity index (χ2n) is 7.29. The Kier molecular flexibility index (Phi) is 6.22. The van der Waals surface area contributed by atoms with Crippen LogP contribution in [0.2, 0.25) is 0 Å². The van der Waals surface area contributed by atoms with Gasteiger partial charge in [-0.25, -0.2) is 4.79 Å². The smallest absolute Gasteiger partial charge is 0.347 e. The van der Waals surface area contributed by atoms with Crippen LogP contribution in [0.3, 0.4) is 0 Å². The van der Waals surface area contributed by atoms with Crippen LogP contribution in [-0.4, -0.2) is 18.7 Å². The van der Waals surface area contributed by atoms with Gasteiger partial charge in [0.25, 0.3) is 0 Å². The zero-order valence-electron chi connectivity index (χ0n) is 16.9. The van der Waals surface area contributed by atoms with Crippen molar-refractivity contribution >= 4 is 16.9 Å². The summed E-state index contributed by atoms with van der Waals surface area (Å²) in [5.41, 5.74) is 1.15. The molecule has 1 unspecified atom stereocenters. The molecule has 0 amide bonds. The molecule has 3 rings (SSSR count). The molecule has 0 fully saturated rings. The van der Waals surface area contributed by atoms with E-state index in [1.807, 2.05) is 32.9 Å². The van der Waals surface area contributed by atoms with Crippen LogP contribution in [0.5, 0.6) is 17.2 Å². The minimum Gasteiger partial charge on any atom is -0.479 e. The van der Waals surface area contributed by atoms with E-state index in [1.54, 1.807) is 37.3 Å². The Morgan fingerprint density at radius 3 is 2.41 bits per heavy atom. The van der Waals surface area contributed by atoms with Gasteiger partial charge in [-0.1, -0.05) is 31.5 Å². The van der Waals surface area contributed by atoms with E-state index in [0.717, 1.165) is 5.56 Å². The van der Waals surface area contributed by atoms with Gasteiger partial charge < -0.3 is 18.6 Å². The molecule has 0 bridgehead atoms. The number of rotatable bonds is 7. The third-order valence-electron chi connectivity index (χ3n) is 4.17. The molecule has 3 aromatic rings. The van der Waals surface area contributed by atoms with E-state index < -0.39 is 12.1 Å². The van der Waals surface area contributed by atoms with Gasteiger partial charge in [-0.2, -0.15) is 0 Å². The van der Waals surface area contributed by atoms with Gasteiger partial charge in [0.1, 0.15) is 23.3 Å². The molecule has 29 heavy (non-hydrogen) atoms. The van der Waals surface area contributed by atoms with Crippen molar-refractivity contribution in [2.75, 3.05) is 6.61 Å². The van der Waals surface area contributed by atoms with Crippen LogP contribution in [0.25, 0.3) is 11.0 Å². The Morgan fingerprint density at radius 2 is 1.72 bits per heavy atom. The minimum absolute atomic E-state index is 0.0978. The molecule has 0 radical (unpaired) electrons. The van der Waals surface area contributed by atoms with Gasteiger partial charge in [0.2, 0.25) is 11.2 Å². The molecule has 0 spiro atoms. The van der Waals surface area contributed by atoms with E-state index in [9.17, 15) is 9.59 Å². The SMILES string of the molecule is Cc1ccc(Oc2coc3cc(OC(C)C(=O)OCC(C)C)ccc3c2=O)cc1. The largest absolute Gasteiger partial charge is 0.479 e. The fourth-order valence-electron chi connectivity index (χ4n) is 2.59. The van der Waals surface area contributed by atoms with Gasteiger partial charge in [-0.15, -0.1) is 0 Å². The van der Waals surface area contributed by atoms with E-state index in [0.29, 0.717) is 29.1 Å². The third-order valence-corrected chi connectivity index (χ3v) is 4.17. The van der Waals surface area contributed by atoms with Crippen molar-refractivity contribution in [2.45, 2.75) is 33.8 Å². The highest BCUT2D eigenvalue weighted by molar-refractivity contribution is 5.79. The van der Waals surface area contributed by atoms with Crippen LogP contribution >= 0.6 is 0 Å². The lowest BCUT2D eigenvalue weighted by molar-refractivity contribution is -0.152. The van der Waals surface area contributed by atoms with Crippen molar-refractivity contribution in [1.29, 1.82) is 0 Å². The van der Waals surface area contributed by atoms with Gasteiger partial charge in [-0.05, 0) is 44.0 Å². The van der Waals surface area contributed by atoms with E-state index in [2.05, 4.69) is 0 Å². The number of hydrogen-bond acceptors (Lipinski definition) is 6. The first-order chi connectivity index (χ1) is 13.8. The number of esters is 1. The van der Waals surface area contributed by atoms with E-state index in [4.69, 9.17) is 18.6 Å². The van der Waals surface area contributed by atoms with E-state index >= 15 is 0 Å². The maximum Gasteiger partial charge on any atom is 0.347 e. The lowest BCUT2D eigenvalue weighted by Gasteiger charge is -2.15. The summed E-state index contributed by atoms with van der Waals surface area (Å²) in [7, 11) is 0. The molecule has 0 aliphatic carbocycles. The van der Waals surface area contributed by atoms with Crippen molar-refractivity contribution in [3.8, 4) is 17.2 Å². The van der Waals surface area contributed by atoms with Crippen molar-refractivity contribution in [3.05, 3.63) is 64.5 Å². The highest BCUT2D eigenvalue weighted by Gasteiger charge is 2.18. The molecule has 0 saturated heterocycles. The highest BCUT2D eigenvalue weighted by atomic mass is 16.6. The van der Waals surface area contributed by atoms with Crippen molar-refractivity contribution in [2.24, 2.45) is 5.92 Å². The number of ether oxygens (including phenoxy) is 3. The van der Waals surface area contributed by atoms with Crippen LogP contribution < -0.4 is 14.9 Å². The summed E-state index contributed by atoms with van der Waals surface area (Å²) < 4.78 is 22.0. The fourth-order valence-corrected chi connectivity index (χ4v) is 2.59. The monoisotopic (exact) mass is 396 g/mol. The van der Waals surface area contributed by atoms with Crippen molar-refractivity contribution < 1.29 is 23.4 Å². The maximum absolute atomic E-state index is 12.7. The number of carbonyl (C=O) groups excluding carboxylic acids is 1. The number of fused-ring (bicyclic) bond motifs is 1. The zero-order chi connectivity index (χ0) is 21.0. The van der Waals surface area contributed by atoms with Crippen molar-refractivity contribution in [1.82, 2.24) is 0 Å². The predicted molar refractivity (Wildman–Crippen MR) is 110 cm³/mol. The van der Waals surface area contributed by atoms with Crippen LogP contribution in [0.15, 0.2) is 57.9 Å². The molecule has 2 aromatic carbocycles. The summed E-state index contributed by atoms with van der Waals surface area (Å²) >= 11 is 0. The predicted octanol–water partition coefficient (Wildman–Crippen LogP) is 4.86. The summed E-state index contributed by atoms with van der Waals surface area (Å²) in [4.78, 5) is 24.7. The van der Waals surface area contributed by atoms with Crippen LogP contribution in [0, 0.1) is 12.8 Å². The molecular formula is C23H24O6. The zero-order valence-corrected chi connectivity index (χ0v) is 16.9. The first-order valence-electron chi connectivity index (χ1n) is 9.47. The third kappa shape index (κ3) is 5.16. The summed E-state index contributed by atoms with van der Waals surface area (Å²) in [5, 5.41) is 0.358. The quantitative estimate of drug-likeness (QED) is 0.531. The molecule has 6 nitrogen and oxygen atoms in total. The molecule has 0 N–H and O–H groups in total. The summed E-state index contributed by atoms with van der Waals surface area (Å²) in [6, 6.07) is 12.1. The molecule has 1 atom stereocenters. The topological polar surface area (TPSA) is 75.0 Å². The summed E-state index contributed by atoms with van der Waals surface area (Å²) in [5.74, 6) is 0.859. The van der Waals surface area contributed by atoms with Gasteiger partial charge in [0.15, 0.2) is 6.10 Å². The van der Waals surface area contributed by atoms with Crippen LogP contribution in [0.4, 0.5) is 0 Å². The molecule has 1 aromatic heterocycles. The van der Waals surface area contributed by atoms with Gasteiger partial charge in [0.05, 0.1) is 12.0 Å². The molecule has 6 heteroatoms. The Labute approximate surface area is 169 Å². The lowest BCUT2D eigenvalue weighted by atomic mass is 10.2. The number of hydrogen-bond donors (Lipinski definition) is 0. The summed E-state index contributed by atoms with van der Waals surface area (Å²) in [6.45, 7) is 7.84. The second kappa shape index (κ2) is 8.82. The van der Waals surface area contributed by atoms with Gasteiger partial charge in [0, 0.05) is 6.07 Å². The highest BCUT2D eigenvalue weighted by Crippen LogP contribution is 2.24. The molecule has 152 valence electrons. The van der Waals surface area contributed by atoms with Crippen molar-refractivity contribution in [3.63, 3.8) is 0 Å². The first-order valence-corrected chi connectivity index (χ1v) is 9.47.